The van der Waals surface area contributed by atoms with Gasteiger partial charge in [0.2, 0.25) is 0 Å². The molecule has 1 saturated carbocycles. The van der Waals surface area contributed by atoms with Crippen molar-refractivity contribution in [2.45, 2.75) is 25.7 Å². The van der Waals surface area contributed by atoms with Gasteiger partial charge >= 0.3 is 11.9 Å². The second-order valence-corrected chi connectivity index (χ2v) is 3.39. The lowest BCUT2D eigenvalue weighted by Gasteiger charge is -2.40. The molecule has 0 N–H and O–H groups in total. The summed E-state index contributed by atoms with van der Waals surface area (Å²) in [4.78, 5) is 22.2. The topological polar surface area (TPSA) is 43.4 Å². The summed E-state index contributed by atoms with van der Waals surface area (Å²) < 4.78 is 4.36. The van der Waals surface area contributed by atoms with Crippen LogP contribution in [0.3, 0.4) is 0 Å². The van der Waals surface area contributed by atoms with Gasteiger partial charge in [-0.15, -0.1) is 0 Å². The monoisotopic (exact) mass is 166 g/mol. The minimum Gasteiger partial charge on any atom is -0.391 e. The number of carbonyl (C=O) groups is 2. The van der Waals surface area contributed by atoms with Crippen molar-refractivity contribution in [2.24, 2.45) is 5.41 Å². The van der Waals surface area contributed by atoms with E-state index in [1.807, 2.05) is 0 Å². The molecule has 12 heavy (non-hydrogen) atoms. The average molecular weight is 166 g/mol. The van der Waals surface area contributed by atoms with Crippen molar-refractivity contribution >= 4 is 11.9 Å². The van der Waals surface area contributed by atoms with Crippen molar-refractivity contribution in [3.05, 3.63) is 12.2 Å². The Balaban J connectivity index is 2.33. The maximum Gasteiger partial charge on any atom is 0.335 e. The maximum absolute atomic E-state index is 11.1. The summed E-state index contributed by atoms with van der Waals surface area (Å²) in [6.07, 6.45) is 3.32. The van der Waals surface area contributed by atoms with E-state index in [9.17, 15) is 9.59 Å². The summed E-state index contributed by atoms with van der Waals surface area (Å²) in [5, 5.41) is 0. The Bertz CT molecular complexity index is 263. The third-order valence-corrected chi connectivity index (χ3v) is 2.77. The second kappa shape index (κ2) is 2.19. The molecule has 0 unspecified atom stereocenters. The minimum absolute atomic E-state index is 0.391. The summed E-state index contributed by atoms with van der Waals surface area (Å²) in [6.45, 7) is 3.77. The Morgan fingerprint density at radius 3 is 2.33 bits per heavy atom. The first-order chi connectivity index (χ1) is 5.68. The maximum atomic E-state index is 11.1. The lowest BCUT2D eigenvalue weighted by molar-refractivity contribution is -0.194. The smallest absolute Gasteiger partial charge is 0.335 e. The van der Waals surface area contributed by atoms with E-state index < -0.39 is 17.4 Å². The molecule has 3 nitrogen and oxygen atoms in total. The van der Waals surface area contributed by atoms with Gasteiger partial charge in [0.15, 0.2) is 5.41 Å². The number of rotatable bonds is 0. The Morgan fingerprint density at radius 2 is 1.92 bits per heavy atom. The van der Waals surface area contributed by atoms with E-state index in [0.29, 0.717) is 6.42 Å². The molecule has 0 radical (unpaired) electrons. The lowest BCUT2D eigenvalue weighted by Crippen LogP contribution is -2.55. The zero-order valence-electron chi connectivity index (χ0n) is 6.76. The van der Waals surface area contributed by atoms with Crippen molar-refractivity contribution in [3.63, 3.8) is 0 Å². The molecule has 2 rings (SSSR count). The van der Waals surface area contributed by atoms with Crippen molar-refractivity contribution in [2.75, 3.05) is 0 Å². The van der Waals surface area contributed by atoms with Crippen molar-refractivity contribution in [3.8, 4) is 0 Å². The van der Waals surface area contributed by atoms with E-state index in [1.54, 1.807) is 0 Å². The normalized spacial score (nSPS) is 26.8. The van der Waals surface area contributed by atoms with Crippen LogP contribution in [0.25, 0.3) is 0 Å². The Hall–Kier alpha value is -1.12. The molecular weight excluding hydrogens is 156 g/mol. The minimum atomic E-state index is -0.918. The molecule has 64 valence electrons. The van der Waals surface area contributed by atoms with Crippen LogP contribution in [0.2, 0.25) is 0 Å². The predicted molar refractivity (Wildman–Crippen MR) is 41.1 cm³/mol. The molecule has 1 aliphatic heterocycles. The van der Waals surface area contributed by atoms with Crippen LogP contribution in [-0.2, 0) is 14.3 Å². The predicted octanol–water partition coefficient (Wildman–Crippen LogP) is 1.19. The summed E-state index contributed by atoms with van der Waals surface area (Å²) >= 11 is 0. The van der Waals surface area contributed by atoms with Gasteiger partial charge < -0.3 is 4.74 Å². The standard InChI is InChI=1S/C9H10O3/c1-6-4-2-3-5-9(6)7(10)12-8(9)11/h1-5H2. The van der Waals surface area contributed by atoms with E-state index >= 15 is 0 Å². The fourth-order valence-electron chi connectivity index (χ4n) is 1.91. The molecule has 0 amide bonds. The van der Waals surface area contributed by atoms with Crippen LogP contribution in [-0.4, -0.2) is 11.9 Å². The summed E-state index contributed by atoms with van der Waals surface area (Å²) in [6, 6.07) is 0. The van der Waals surface area contributed by atoms with Crippen molar-refractivity contribution in [1.82, 2.24) is 0 Å². The summed E-state index contributed by atoms with van der Waals surface area (Å²) in [5.41, 5.74) is -0.173. The highest BCUT2D eigenvalue weighted by Gasteiger charge is 2.60. The molecule has 0 atom stereocenters. The van der Waals surface area contributed by atoms with Crippen LogP contribution >= 0.6 is 0 Å². The molecule has 2 aliphatic rings. The van der Waals surface area contributed by atoms with Gasteiger partial charge in [0.25, 0.3) is 0 Å². The highest BCUT2D eigenvalue weighted by Crippen LogP contribution is 2.47. The van der Waals surface area contributed by atoms with E-state index in [2.05, 4.69) is 11.3 Å². The van der Waals surface area contributed by atoms with Crippen LogP contribution in [0.4, 0.5) is 0 Å². The quantitative estimate of drug-likeness (QED) is 0.308. The molecule has 1 heterocycles. The highest BCUT2D eigenvalue weighted by atomic mass is 16.6. The number of carbonyl (C=O) groups excluding carboxylic acids is 2. The second-order valence-electron chi connectivity index (χ2n) is 3.39. The summed E-state index contributed by atoms with van der Waals surface area (Å²) in [5.74, 6) is -0.783. The molecule has 3 heteroatoms. The third-order valence-electron chi connectivity index (χ3n) is 2.77. The first-order valence-corrected chi connectivity index (χ1v) is 4.13. The van der Waals surface area contributed by atoms with Gasteiger partial charge in [-0.3, -0.25) is 0 Å². The Morgan fingerprint density at radius 1 is 1.25 bits per heavy atom. The van der Waals surface area contributed by atoms with Gasteiger partial charge in [0, 0.05) is 0 Å². The molecule has 1 aliphatic carbocycles. The zero-order valence-corrected chi connectivity index (χ0v) is 6.76. The molecule has 2 fully saturated rings. The van der Waals surface area contributed by atoms with Gasteiger partial charge in [-0.2, -0.15) is 0 Å². The molecule has 0 aromatic carbocycles. The van der Waals surface area contributed by atoms with Crippen LogP contribution in [0.15, 0.2) is 12.2 Å². The number of hydrogen-bond acceptors (Lipinski definition) is 3. The molecule has 0 aromatic rings. The van der Waals surface area contributed by atoms with Gasteiger partial charge in [-0.25, -0.2) is 9.59 Å². The van der Waals surface area contributed by atoms with Crippen molar-refractivity contribution in [1.29, 1.82) is 0 Å². The fraction of sp³-hybridized carbons (Fsp3) is 0.556. The van der Waals surface area contributed by atoms with Crippen LogP contribution in [0, 0.1) is 5.41 Å². The number of esters is 2. The third kappa shape index (κ3) is 0.661. The van der Waals surface area contributed by atoms with Crippen LogP contribution in [0.5, 0.6) is 0 Å². The fourth-order valence-corrected chi connectivity index (χ4v) is 1.91. The first-order valence-electron chi connectivity index (χ1n) is 4.13. The molecular formula is C9H10O3. The molecule has 1 saturated heterocycles. The van der Waals surface area contributed by atoms with E-state index in [-0.39, 0.29) is 0 Å². The molecule has 0 aromatic heterocycles. The number of cyclic esters (lactones) is 2. The highest BCUT2D eigenvalue weighted by molar-refractivity contribution is 6.16. The number of hydrogen-bond donors (Lipinski definition) is 0. The summed E-state index contributed by atoms with van der Waals surface area (Å²) in [7, 11) is 0. The zero-order chi connectivity index (χ0) is 8.77. The van der Waals surface area contributed by atoms with Gasteiger partial charge in [-0.05, 0) is 24.8 Å². The molecule has 1 spiro atoms. The average Bonchev–Trinajstić information content (AvgIpc) is 2.05. The van der Waals surface area contributed by atoms with E-state index in [4.69, 9.17) is 0 Å². The van der Waals surface area contributed by atoms with E-state index in [1.165, 1.54) is 0 Å². The molecule has 0 bridgehead atoms. The lowest BCUT2D eigenvalue weighted by atomic mass is 9.68. The van der Waals surface area contributed by atoms with Gasteiger partial charge in [0.1, 0.15) is 0 Å². The largest absolute Gasteiger partial charge is 0.391 e. The van der Waals surface area contributed by atoms with Crippen molar-refractivity contribution < 1.29 is 14.3 Å². The SMILES string of the molecule is C=C1CCCCC12C(=O)OC2=O. The van der Waals surface area contributed by atoms with Crippen LogP contribution in [0.1, 0.15) is 25.7 Å². The Labute approximate surface area is 70.4 Å². The van der Waals surface area contributed by atoms with Gasteiger partial charge in [0.05, 0.1) is 0 Å². The first kappa shape index (κ1) is 7.53. The van der Waals surface area contributed by atoms with E-state index in [0.717, 1.165) is 24.8 Å². The Kier molecular flexibility index (Phi) is 1.37. The van der Waals surface area contributed by atoms with Crippen LogP contribution < -0.4 is 0 Å². The van der Waals surface area contributed by atoms with Gasteiger partial charge in [-0.1, -0.05) is 13.0 Å². The number of ether oxygens (including phenoxy) is 1.